The van der Waals surface area contributed by atoms with Gasteiger partial charge in [0.15, 0.2) is 0 Å². The molecule has 0 aliphatic carbocycles. The molecule has 0 unspecified atom stereocenters. The molecule has 2 N–H and O–H groups in total. The molecule has 0 bridgehead atoms. The van der Waals surface area contributed by atoms with Crippen molar-refractivity contribution in [3.8, 4) is 0 Å². The van der Waals surface area contributed by atoms with Crippen LogP contribution in [0.2, 0.25) is 0 Å². The average molecular weight is 248 g/mol. The van der Waals surface area contributed by atoms with Crippen LogP contribution in [0.4, 0.5) is 0 Å². The Morgan fingerprint density at radius 3 is 2.53 bits per heavy atom. The van der Waals surface area contributed by atoms with E-state index in [0.29, 0.717) is 4.99 Å². The van der Waals surface area contributed by atoms with Gasteiger partial charge in [-0.15, -0.1) is 0 Å². The van der Waals surface area contributed by atoms with Crippen LogP contribution < -0.4 is 5.73 Å². The van der Waals surface area contributed by atoms with Crippen LogP contribution in [-0.2, 0) is 18.5 Å². The maximum absolute atomic E-state index is 5.60. The zero-order valence-electron chi connectivity index (χ0n) is 10.8. The molecule has 0 aromatic heterocycles. The smallest absolute Gasteiger partial charge is 0.0870 e. The van der Waals surface area contributed by atoms with Crippen molar-refractivity contribution in [3.63, 3.8) is 0 Å². The molecule has 3 heteroatoms. The summed E-state index contributed by atoms with van der Waals surface area (Å²) in [6.07, 6.45) is 0. The minimum atomic E-state index is 0.214. The zero-order chi connectivity index (χ0) is 12.6. The molecule has 0 radical (unpaired) electrons. The van der Waals surface area contributed by atoms with Gasteiger partial charge in [-0.1, -0.05) is 51.2 Å². The van der Waals surface area contributed by atoms with Crippen LogP contribution in [0.15, 0.2) is 18.2 Å². The molecule has 0 atom stereocenters. The van der Waals surface area contributed by atoms with E-state index in [0.717, 1.165) is 19.6 Å². The molecular formula is C14H20N2S. The van der Waals surface area contributed by atoms with Crippen LogP contribution in [0.5, 0.6) is 0 Å². The second-order valence-corrected chi connectivity index (χ2v) is 6.37. The van der Waals surface area contributed by atoms with E-state index in [4.69, 9.17) is 18.0 Å². The highest BCUT2D eigenvalue weighted by molar-refractivity contribution is 7.80. The molecule has 1 aliphatic rings. The topological polar surface area (TPSA) is 29.3 Å². The maximum Gasteiger partial charge on any atom is 0.0870 e. The van der Waals surface area contributed by atoms with E-state index in [9.17, 15) is 0 Å². The van der Waals surface area contributed by atoms with Crippen molar-refractivity contribution in [2.45, 2.75) is 39.3 Å². The number of thiocarbonyl (C=S) groups is 1. The van der Waals surface area contributed by atoms with Crippen LogP contribution >= 0.6 is 12.2 Å². The SMILES string of the molecule is CC(C)(C)c1ccc2c(c1)CN(CC(N)=S)C2. The van der Waals surface area contributed by atoms with Gasteiger partial charge in [-0.25, -0.2) is 0 Å². The highest BCUT2D eigenvalue weighted by Crippen LogP contribution is 2.29. The van der Waals surface area contributed by atoms with Gasteiger partial charge in [-0.3, -0.25) is 4.90 Å². The fourth-order valence-corrected chi connectivity index (χ4v) is 2.45. The molecule has 1 aromatic rings. The number of fused-ring (bicyclic) bond motifs is 1. The number of rotatable bonds is 2. The third-order valence-corrected chi connectivity index (χ3v) is 3.37. The van der Waals surface area contributed by atoms with Crippen LogP contribution in [0.3, 0.4) is 0 Å². The van der Waals surface area contributed by atoms with Crippen LogP contribution in [0, 0.1) is 0 Å². The van der Waals surface area contributed by atoms with Crippen molar-refractivity contribution < 1.29 is 0 Å². The van der Waals surface area contributed by atoms with Crippen molar-refractivity contribution in [1.82, 2.24) is 4.90 Å². The minimum absolute atomic E-state index is 0.214. The van der Waals surface area contributed by atoms with E-state index in [-0.39, 0.29) is 5.41 Å². The summed E-state index contributed by atoms with van der Waals surface area (Å²) in [5.41, 5.74) is 10.0. The predicted molar refractivity (Wildman–Crippen MR) is 76.0 cm³/mol. The van der Waals surface area contributed by atoms with Crippen molar-refractivity contribution in [3.05, 3.63) is 34.9 Å². The minimum Gasteiger partial charge on any atom is -0.392 e. The molecule has 92 valence electrons. The van der Waals surface area contributed by atoms with Gasteiger partial charge in [-0.2, -0.15) is 0 Å². The highest BCUT2D eigenvalue weighted by atomic mass is 32.1. The summed E-state index contributed by atoms with van der Waals surface area (Å²) in [7, 11) is 0. The Hall–Kier alpha value is -0.930. The van der Waals surface area contributed by atoms with Crippen LogP contribution in [0.25, 0.3) is 0 Å². The number of benzene rings is 1. The molecule has 0 spiro atoms. The van der Waals surface area contributed by atoms with E-state index in [1.165, 1.54) is 16.7 Å². The first-order chi connectivity index (χ1) is 7.86. The Morgan fingerprint density at radius 1 is 1.29 bits per heavy atom. The quantitative estimate of drug-likeness (QED) is 0.816. The summed E-state index contributed by atoms with van der Waals surface area (Å²) in [4.78, 5) is 2.87. The lowest BCUT2D eigenvalue weighted by Gasteiger charge is -2.19. The van der Waals surface area contributed by atoms with E-state index < -0.39 is 0 Å². The summed E-state index contributed by atoms with van der Waals surface area (Å²) in [5, 5.41) is 0. The van der Waals surface area contributed by atoms with Crippen molar-refractivity contribution in [2.75, 3.05) is 6.54 Å². The number of nitrogens with two attached hydrogens (primary N) is 1. The largest absolute Gasteiger partial charge is 0.392 e. The first kappa shape index (κ1) is 12.5. The van der Waals surface area contributed by atoms with E-state index in [1.54, 1.807) is 0 Å². The molecule has 0 amide bonds. The fourth-order valence-electron chi connectivity index (χ4n) is 2.26. The van der Waals surface area contributed by atoms with Gasteiger partial charge in [0.25, 0.3) is 0 Å². The number of hydrogen-bond donors (Lipinski definition) is 1. The van der Waals surface area contributed by atoms with Gasteiger partial charge < -0.3 is 5.73 Å². The monoisotopic (exact) mass is 248 g/mol. The van der Waals surface area contributed by atoms with Crippen LogP contribution in [-0.4, -0.2) is 16.4 Å². The number of hydrogen-bond acceptors (Lipinski definition) is 2. The molecule has 0 saturated carbocycles. The van der Waals surface area contributed by atoms with E-state index in [1.807, 2.05) is 0 Å². The molecule has 1 aromatic carbocycles. The molecule has 17 heavy (non-hydrogen) atoms. The molecular weight excluding hydrogens is 228 g/mol. The summed E-state index contributed by atoms with van der Waals surface area (Å²) in [5.74, 6) is 0. The Balaban J connectivity index is 2.19. The summed E-state index contributed by atoms with van der Waals surface area (Å²) < 4.78 is 0. The van der Waals surface area contributed by atoms with Gasteiger partial charge in [0.1, 0.15) is 0 Å². The summed E-state index contributed by atoms with van der Waals surface area (Å²) >= 11 is 4.96. The third kappa shape index (κ3) is 2.85. The van der Waals surface area contributed by atoms with Gasteiger partial charge in [0.05, 0.1) is 4.99 Å². The zero-order valence-corrected chi connectivity index (χ0v) is 11.6. The maximum atomic E-state index is 5.60. The van der Waals surface area contributed by atoms with Crippen LogP contribution in [0.1, 0.15) is 37.5 Å². The average Bonchev–Trinajstić information content (AvgIpc) is 2.55. The first-order valence-electron chi connectivity index (χ1n) is 5.99. The van der Waals surface area contributed by atoms with Gasteiger partial charge >= 0.3 is 0 Å². The fraction of sp³-hybridized carbons (Fsp3) is 0.500. The van der Waals surface area contributed by atoms with Gasteiger partial charge in [-0.05, 0) is 22.1 Å². The second kappa shape index (κ2) is 4.39. The van der Waals surface area contributed by atoms with Gasteiger partial charge in [0, 0.05) is 19.6 Å². The normalized spacial score (nSPS) is 15.9. The molecule has 1 aliphatic heterocycles. The van der Waals surface area contributed by atoms with Crippen molar-refractivity contribution in [1.29, 1.82) is 0 Å². The lowest BCUT2D eigenvalue weighted by atomic mass is 9.85. The second-order valence-electron chi connectivity index (χ2n) is 5.84. The Kier molecular flexibility index (Phi) is 3.23. The van der Waals surface area contributed by atoms with E-state index >= 15 is 0 Å². The first-order valence-corrected chi connectivity index (χ1v) is 6.40. The molecule has 1 heterocycles. The van der Waals surface area contributed by atoms with Crippen molar-refractivity contribution in [2.24, 2.45) is 5.73 Å². The number of nitrogens with zero attached hydrogens (tertiary/aromatic N) is 1. The predicted octanol–water partition coefficient (Wildman–Crippen LogP) is 2.59. The molecule has 2 rings (SSSR count). The van der Waals surface area contributed by atoms with E-state index in [2.05, 4.69) is 43.9 Å². The highest BCUT2D eigenvalue weighted by Gasteiger charge is 2.22. The Labute approximate surface area is 109 Å². The van der Waals surface area contributed by atoms with Gasteiger partial charge in [0.2, 0.25) is 0 Å². The lowest BCUT2D eigenvalue weighted by molar-refractivity contribution is 0.327. The standard InChI is InChI=1S/C14H20N2S/c1-14(2,3)12-5-4-10-7-16(9-13(15)17)8-11(10)6-12/h4-6H,7-9H2,1-3H3,(H2,15,17). The Morgan fingerprint density at radius 2 is 1.94 bits per heavy atom. The molecule has 2 nitrogen and oxygen atoms in total. The summed E-state index contributed by atoms with van der Waals surface area (Å²) in [6.45, 7) is 9.39. The third-order valence-electron chi connectivity index (χ3n) is 3.24. The summed E-state index contributed by atoms with van der Waals surface area (Å²) in [6, 6.07) is 6.81. The lowest BCUT2D eigenvalue weighted by Crippen LogP contribution is -2.28. The Bertz CT molecular complexity index is 446. The molecule has 0 fully saturated rings. The van der Waals surface area contributed by atoms with Crippen molar-refractivity contribution >= 4 is 17.2 Å². The molecule has 0 saturated heterocycles.